The van der Waals surface area contributed by atoms with Gasteiger partial charge in [-0.15, -0.1) is 0 Å². The number of nitrogens with zero attached hydrogens (tertiary/aromatic N) is 2. The van der Waals surface area contributed by atoms with Crippen molar-refractivity contribution >= 4 is 0 Å². The smallest absolute Gasteiger partial charge is 0.134 e. The molecule has 23 heavy (non-hydrogen) atoms. The van der Waals surface area contributed by atoms with Crippen molar-refractivity contribution in [1.29, 1.82) is 0 Å². The second kappa shape index (κ2) is 6.90. The summed E-state index contributed by atoms with van der Waals surface area (Å²) in [7, 11) is 0. The monoisotopic (exact) mass is 310 g/mol. The van der Waals surface area contributed by atoms with Gasteiger partial charge >= 0.3 is 0 Å². The predicted molar refractivity (Wildman–Crippen MR) is 93.2 cm³/mol. The van der Waals surface area contributed by atoms with Crippen LogP contribution in [-0.4, -0.2) is 36.0 Å². The van der Waals surface area contributed by atoms with Gasteiger partial charge in [-0.05, 0) is 69.6 Å². The lowest BCUT2D eigenvalue weighted by atomic mass is 10.1. The van der Waals surface area contributed by atoms with E-state index < -0.39 is 0 Å². The van der Waals surface area contributed by atoms with Gasteiger partial charge in [0.15, 0.2) is 0 Å². The summed E-state index contributed by atoms with van der Waals surface area (Å²) in [4.78, 5) is 5.01. The minimum absolute atomic E-state index is 0.951. The van der Waals surface area contributed by atoms with Crippen molar-refractivity contribution in [3.8, 4) is 11.3 Å². The number of hydrogen-bond donors (Lipinski definition) is 0. The van der Waals surface area contributed by atoms with E-state index in [9.17, 15) is 0 Å². The quantitative estimate of drug-likeness (QED) is 0.827. The van der Waals surface area contributed by atoms with Crippen molar-refractivity contribution in [1.82, 2.24) is 9.80 Å². The van der Waals surface area contributed by atoms with Crippen molar-refractivity contribution in [2.75, 3.05) is 26.2 Å². The third-order valence-corrected chi connectivity index (χ3v) is 5.08. The summed E-state index contributed by atoms with van der Waals surface area (Å²) in [6.07, 6.45) is 5.35. The van der Waals surface area contributed by atoms with Gasteiger partial charge < -0.3 is 4.42 Å². The summed E-state index contributed by atoms with van der Waals surface area (Å²) < 4.78 is 6.05. The number of likely N-dealkylation sites (tertiary alicyclic amines) is 2. The third kappa shape index (κ3) is 3.67. The Labute approximate surface area is 138 Å². The first-order valence-corrected chi connectivity index (χ1v) is 8.99. The largest absolute Gasteiger partial charge is 0.460 e. The summed E-state index contributed by atoms with van der Waals surface area (Å²) in [6, 6.07) is 13.1. The molecule has 0 atom stereocenters. The minimum atomic E-state index is 0.951. The van der Waals surface area contributed by atoms with Crippen LogP contribution in [0.4, 0.5) is 0 Å². The Balaban J connectivity index is 1.40. The van der Waals surface area contributed by atoms with E-state index in [-0.39, 0.29) is 0 Å². The maximum Gasteiger partial charge on any atom is 0.134 e. The van der Waals surface area contributed by atoms with Crippen LogP contribution in [0.1, 0.15) is 37.0 Å². The third-order valence-electron chi connectivity index (χ3n) is 5.08. The molecule has 0 bridgehead atoms. The molecule has 0 aliphatic carbocycles. The topological polar surface area (TPSA) is 19.6 Å². The van der Waals surface area contributed by atoms with Crippen molar-refractivity contribution < 1.29 is 4.42 Å². The number of benzene rings is 1. The number of furan rings is 1. The van der Waals surface area contributed by atoms with Crippen LogP contribution in [0.2, 0.25) is 0 Å². The highest BCUT2D eigenvalue weighted by atomic mass is 16.3. The zero-order valence-corrected chi connectivity index (χ0v) is 13.8. The Bertz CT molecular complexity index is 619. The van der Waals surface area contributed by atoms with Crippen LogP contribution in [0.15, 0.2) is 40.8 Å². The maximum atomic E-state index is 6.05. The fraction of sp³-hybridized carbons (Fsp3) is 0.500. The van der Waals surface area contributed by atoms with E-state index in [1.807, 2.05) is 0 Å². The molecule has 2 aliphatic heterocycles. The standard InChI is InChI=1S/C20H26N2O/c1-2-12-21(11-1)15-17-5-7-18(8-6-17)20-10-9-19(23-20)16-22-13-3-4-14-22/h5-10H,1-4,11-16H2. The lowest BCUT2D eigenvalue weighted by Crippen LogP contribution is -2.18. The second-order valence-corrected chi connectivity index (χ2v) is 6.93. The SMILES string of the molecule is c1cc(-c2ccc(CN3CCCC3)o2)ccc1CN1CCCC1. The van der Waals surface area contributed by atoms with E-state index in [2.05, 4.69) is 46.2 Å². The highest BCUT2D eigenvalue weighted by Gasteiger charge is 2.15. The van der Waals surface area contributed by atoms with E-state index >= 15 is 0 Å². The Kier molecular flexibility index (Phi) is 4.49. The van der Waals surface area contributed by atoms with Crippen LogP contribution in [0, 0.1) is 0 Å². The Morgan fingerprint density at radius 3 is 1.96 bits per heavy atom. The Morgan fingerprint density at radius 1 is 0.696 bits per heavy atom. The predicted octanol–water partition coefficient (Wildman–Crippen LogP) is 4.14. The Hall–Kier alpha value is -1.58. The molecule has 1 aromatic heterocycles. The average Bonchev–Trinajstić information content (AvgIpc) is 3.31. The second-order valence-electron chi connectivity index (χ2n) is 6.93. The summed E-state index contributed by atoms with van der Waals surface area (Å²) in [6.45, 7) is 6.95. The molecule has 0 spiro atoms. The molecule has 1 aromatic carbocycles. The molecule has 2 aromatic rings. The van der Waals surface area contributed by atoms with Crippen LogP contribution in [0.25, 0.3) is 11.3 Å². The summed E-state index contributed by atoms with van der Waals surface area (Å²) in [5.41, 5.74) is 2.59. The molecule has 0 amide bonds. The molecular formula is C20H26N2O. The molecule has 0 unspecified atom stereocenters. The molecule has 0 N–H and O–H groups in total. The zero-order valence-electron chi connectivity index (χ0n) is 13.8. The highest BCUT2D eigenvalue weighted by molar-refractivity contribution is 5.57. The summed E-state index contributed by atoms with van der Waals surface area (Å²) in [5, 5.41) is 0. The van der Waals surface area contributed by atoms with Gasteiger partial charge in [0.25, 0.3) is 0 Å². The van der Waals surface area contributed by atoms with E-state index in [4.69, 9.17) is 4.42 Å². The van der Waals surface area contributed by atoms with Gasteiger partial charge in [0.2, 0.25) is 0 Å². The first kappa shape index (κ1) is 15.0. The van der Waals surface area contributed by atoms with Gasteiger partial charge in [0.05, 0.1) is 6.54 Å². The first-order chi connectivity index (χ1) is 11.4. The van der Waals surface area contributed by atoms with E-state index in [0.717, 1.165) is 24.6 Å². The summed E-state index contributed by atoms with van der Waals surface area (Å²) in [5.74, 6) is 2.08. The van der Waals surface area contributed by atoms with Gasteiger partial charge in [-0.25, -0.2) is 0 Å². The summed E-state index contributed by atoms with van der Waals surface area (Å²) >= 11 is 0. The van der Waals surface area contributed by atoms with Crippen molar-refractivity contribution in [3.05, 3.63) is 47.7 Å². The van der Waals surface area contributed by atoms with Crippen LogP contribution in [0.3, 0.4) is 0 Å². The lowest BCUT2D eigenvalue weighted by molar-refractivity contribution is 0.299. The molecule has 0 saturated carbocycles. The normalized spacial score (nSPS) is 19.7. The van der Waals surface area contributed by atoms with Crippen molar-refractivity contribution in [2.45, 2.75) is 38.8 Å². The minimum Gasteiger partial charge on any atom is -0.460 e. The van der Waals surface area contributed by atoms with Crippen LogP contribution < -0.4 is 0 Å². The molecule has 3 heterocycles. The van der Waals surface area contributed by atoms with E-state index in [0.29, 0.717) is 0 Å². The fourth-order valence-corrected chi connectivity index (χ4v) is 3.75. The van der Waals surface area contributed by atoms with Crippen LogP contribution >= 0.6 is 0 Å². The Morgan fingerprint density at radius 2 is 1.30 bits per heavy atom. The molecule has 3 heteroatoms. The molecule has 2 aliphatic rings. The molecule has 4 rings (SSSR count). The molecule has 122 valence electrons. The average molecular weight is 310 g/mol. The van der Waals surface area contributed by atoms with Gasteiger partial charge in [-0.1, -0.05) is 24.3 Å². The zero-order chi connectivity index (χ0) is 15.5. The fourth-order valence-electron chi connectivity index (χ4n) is 3.75. The lowest BCUT2D eigenvalue weighted by Gasteiger charge is -2.14. The van der Waals surface area contributed by atoms with Gasteiger partial charge in [0, 0.05) is 12.1 Å². The van der Waals surface area contributed by atoms with Crippen molar-refractivity contribution in [2.24, 2.45) is 0 Å². The van der Waals surface area contributed by atoms with E-state index in [1.165, 1.54) is 63.0 Å². The number of hydrogen-bond acceptors (Lipinski definition) is 3. The van der Waals surface area contributed by atoms with Gasteiger partial charge in [-0.3, -0.25) is 9.80 Å². The molecule has 3 nitrogen and oxygen atoms in total. The molecule has 2 fully saturated rings. The van der Waals surface area contributed by atoms with E-state index in [1.54, 1.807) is 0 Å². The van der Waals surface area contributed by atoms with Crippen LogP contribution in [-0.2, 0) is 13.1 Å². The van der Waals surface area contributed by atoms with Gasteiger partial charge in [-0.2, -0.15) is 0 Å². The van der Waals surface area contributed by atoms with Gasteiger partial charge in [0.1, 0.15) is 11.5 Å². The molecular weight excluding hydrogens is 284 g/mol. The first-order valence-electron chi connectivity index (χ1n) is 8.99. The maximum absolute atomic E-state index is 6.05. The molecule has 0 radical (unpaired) electrons. The van der Waals surface area contributed by atoms with Crippen molar-refractivity contribution in [3.63, 3.8) is 0 Å². The number of rotatable bonds is 5. The highest BCUT2D eigenvalue weighted by Crippen LogP contribution is 2.24. The van der Waals surface area contributed by atoms with Crippen LogP contribution in [0.5, 0.6) is 0 Å². The molecule has 2 saturated heterocycles.